The second-order valence-electron chi connectivity index (χ2n) is 5.79. The van der Waals surface area contributed by atoms with Crippen LogP contribution in [0.3, 0.4) is 0 Å². The molecule has 0 radical (unpaired) electrons. The fourth-order valence-corrected chi connectivity index (χ4v) is 2.95. The Hall–Kier alpha value is -2.87. The van der Waals surface area contributed by atoms with Crippen LogP contribution in [-0.2, 0) is 11.2 Å². The van der Waals surface area contributed by atoms with E-state index in [1.807, 2.05) is 24.3 Å². The van der Waals surface area contributed by atoms with Gasteiger partial charge in [0.2, 0.25) is 6.20 Å². The van der Waals surface area contributed by atoms with E-state index in [2.05, 4.69) is 22.9 Å². The topological polar surface area (TPSA) is 87.9 Å². The molecule has 0 spiro atoms. The molecule has 0 saturated carbocycles. The molecule has 0 amide bonds. The van der Waals surface area contributed by atoms with E-state index in [4.69, 9.17) is 14.2 Å². The number of hydrogen-bond acceptors (Lipinski definition) is 6. The summed E-state index contributed by atoms with van der Waals surface area (Å²) in [6.45, 7) is 1.84. The van der Waals surface area contributed by atoms with E-state index in [1.165, 1.54) is 24.8 Å². The zero-order chi connectivity index (χ0) is 20.5. The van der Waals surface area contributed by atoms with Crippen molar-refractivity contribution in [2.45, 2.75) is 19.8 Å². The van der Waals surface area contributed by atoms with Gasteiger partial charge in [-0.3, -0.25) is 10.1 Å². The van der Waals surface area contributed by atoms with Crippen LogP contribution >= 0.6 is 15.9 Å². The Morgan fingerprint density at radius 3 is 2.57 bits per heavy atom. The number of hydrogen-bond donors (Lipinski definition) is 0. The molecular weight excluding hydrogens is 430 g/mol. The summed E-state index contributed by atoms with van der Waals surface area (Å²) in [6, 6.07) is 10.7. The third kappa shape index (κ3) is 6.38. The molecule has 0 bridgehead atoms. The van der Waals surface area contributed by atoms with Crippen molar-refractivity contribution in [2.75, 3.05) is 13.7 Å². The molecule has 2 rings (SSSR count). The number of esters is 1. The number of aryl methyl sites for hydroxylation is 1. The monoisotopic (exact) mass is 449 g/mol. The Balaban J connectivity index is 2.03. The van der Waals surface area contributed by atoms with Crippen molar-refractivity contribution in [2.24, 2.45) is 0 Å². The number of nitrogens with zero attached hydrogens (tertiary/aromatic N) is 1. The average Bonchev–Trinajstić information content (AvgIpc) is 2.67. The van der Waals surface area contributed by atoms with Crippen molar-refractivity contribution < 1.29 is 23.9 Å². The van der Waals surface area contributed by atoms with Crippen molar-refractivity contribution in [3.63, 3.8) is 0 Å². The molecule has 0 aromatic heterocycles. The van der Waals surface area contributed by atoms with Gasteiger partial charge in [-0.2, -0.15) is 0 Å². The highest BCUT2D eigenvalue weighted by atomic mass is 79.9. The van der Waals surface area contributed by atoms with Gasteiger partial charge in [-0.15, -0.1) is 0 Å². The molecule has 28 heavy (non-hydrogen) atoms. The molecule has 0 fully saturated rings. The van der Waals surface area contributed by atoms with Crippen LogP contribution in [0.4, 0.5) is 0 Å². The third-order valence-electron chi connectivity index (χ3n) is 3.68. The number of benzene rings is 2. The summed E-state index contributed by atoms with van der Waals surface area (Å²) in [7, 11) is 1.41. The zero-order valence-corrected chi connectivity index (χ0v) is 17.1. The first-order valence-corrected chi connectivity index (χ1v) is 9.34. The van der Waals surface area contributed by atoms with Gasteiger partial charge in [-0.25, -0.2) is 4.79 Å². The van der Waals surface area contributed by atoms with Crippen LogP contribution in [0, 0.1) is 10.1 Å². The van der Waals surface area contributed by atoms with Crippen LogP contribution in [0.15, 0.2) is 47.1 Å². The molecule has 0 heterocycles. The second kappa shape index (κ2) is 10.5. The van der Waals surface area contributed by atoms with Crippen LogP contribution in [0.25, 0.3) is 6.08 Å². The summed E-state index contributed by atoms with van der Waals surface area (Å²) in [4.78, 5) is 22.0. The van der Waals surface area contributed by atoms with Crippen LogP contribution in [0.5, 0.6) is 17.2 Å². The van der Waals surface area contributed by atoms with Gasteiger partial charge >= 0.3 is 5.97 Å². The maximum absolute atomic E-state index is 12.1. The Kier molecular flexibility index (Phi) is 8.01. The third-order valence-corrected chi connectivity index (χ3v) is 4.26. The SMILES string of the molecule is CCCc1ccc(OCC(=O)Oc2c(Br)cc(/C=C/[N+](=O)[O-])cc2OC)cc1. The van der Waals surface area contributed by atoms with Gasteiger partial charge < -0.3 is 14.2 Å². The molecule has 0 unspecified atom stereocenters. The van der Waals surface area contributed by atoms with E-state index in [-0.39, 0.29) is 18.1 Å². The van der Waals surface area contributed by atoms with Crippen LogP contribution < -0.4 is 14.2 Å². The molecule has 0 atom stereocenters. The standard InChI is InChI=1S/C20H20BrNO6/c1-3-4-14-5-7-16(8-6-14)27-13-19(23)28-20-17(21)11-15(9-10-22(24)25)12-18(20)26-2/h5-12H,3-4,13H2,1-2H3/b10-9+. The van der Waals surface area contributed by atoms with Gasteiger partial charge in [-0.1, -0.05) is 25.5 Å². The largest absolute Gasteiger partial charge is 0.493 e. The Bertz CT molecular complexity index is 864. The quantitative estimate of drug-likeness (QED) is 0.239. The number of nitro groups is 1. The summed E-state index contributed by atoms with van der Waals surface area (Å²) in [5.41, 5.74) is 1.72. The number of carbonyl (C=O) groups is 1. The molecule has 2 aromatic rings. The van der Waals surface area contributed by atoms with Crippen molar-refractivity contribution in [1.82, 2.24) is 0 Å². The minimum atomic E-state index is -0.606. The first-order valence-electron chi connectivity index (χ1n) is 8.54. The molecular formula is C20H20BrNO6. The fraction of sp³-hybridized carbons (Fsp3) is 0.250. The van der Waals surface area contributed by atoms with E-state index in [9.17, 15) is 14.9 Å². The lowest BCUT2D eigenvalue weighted by Gasteiger charge is -2.12. The van der Waals surface area contributed by atoms with E-state index in [1.54, 1.807) is 6.07 Å². The van der Waals surface area contributed by atoms with E-state index >= 15 is 0 Å². The number of methoxy groups -OCH3 is 1. The van der Waals surface area contributed by atoms with Crippen molar-refractivity contribution >= 4 is 28.0 Å². The summed E-state index contributed by atoms with van der Waals surface area (Å²) >= 11 is 3.29. The molecule has 0 aliphatic carbocycles. The number of rotatable bonds is 9. The first kappa shape index (κ1) is 21.4. The van der Waals surface area contributed by atoms with Crippen LogP contribution in [0.2, 0.25) is 0 Å². The van der Waals surface area contributed by atoms with Crippen LogP contribution in [0.1, 0.15) is 24.5 Å². The minimum absolute atomic E-state index is 0.174. The highest BCUT2D eigenvalue weighted by molar-refractivity contribution is 9.10. The number of ether oxygens (including phenoxy) is 3. The predicted octanol–water partition coefficient (Wildman–Crippen LogP) is 4.64. The molecule has 0 N–H and O–H groups in total. The second-order valence-corrected chi connectivity index (χ2v) is 6.65. The number of carbonyl (C=O) groups excluding carboxylic acids is 1. The minimum Gasteiger partial charge on any atom is -0.493 e. The van der Waals surface area contributed by atoms with E-state index < -0.39 is 10.9 Å². The maximum atomic E-state index is 12.1. The van der Waals surface area contributed by atoms with Gasteiger partial charge in [-0.05, 0) is 57.7 Å². The smallest absolute Gasteiger partial charge is 0.349 e. The lowest BCUT2D eigenvalue weighted by atomic mass is 10.1. The van der Waals surface area contributed by atoms with Gasteiger partial charge in [0.15, 0.2) is 18.1 Å². The molecule has 0 aliphatic heterocycles. The van der Waals surface area contributed by atoms with E-state index in [0.29, 0.717) is 15.8 Å². The molecule has 0 saturated heterocycles. The lowest BCUT2D eigenvalue weighted by molar-refractivity contribution is -0.400. The van der Waals surface area contributed by atoms with Crippen LogP contribution in [-0.4, -0.2) is 24.6 Å². The summed E-state index contributed by atoms with van der Waals surface area (Å²) in [5, 5.41) is 10.5. The highest BCUT2D eigenvalue weighted by Gasteiger charge is 2.16. The fourth-order valence-electron chi connectivity index (χ4n) is 2.41. The molecule has 7 nitrogen and oxygen atoms in total. The zero-order valence-electron chi connectivity index (χ0n) is 15.5. The maximum Gasteiger partial charge on any atom is 0.349 e. The molecule has 8 heteroatoms. The Labute approximate surface area is 171 Å². The predicted molar refractivity (Wildman–Crippen MR) is 108 cm³/mol. The van der Waals surface area contributed by atoms with Gasteiger partial charge in [0.05, 0.1) is 16.5 Å². The normalized spacial score (nSPS) is 10.7. The van der Waals surface area contributed by atoms with Gasteiger partial charge in [0.1, 0.15) is 5.75 Å². The van der Waals surface area contributed by atoms with Gasteiger partial charge in [0, 0.05) is 6.08 Å². The Morgan fingerprint density at radius 2 is 1.96 bits per heavy atom. The molecule has 0 aliphatic rings. The number of halogens is 1. The van der Waals surface area contributed by atoms with Gasteiger partial charge in [0.25, 0.3) is 0 Å². The van der Waals surface area contributed by atoms with Crippen molar-refractivity contribution in [3.05, 3.63) is 68.3 Å². The molecule has 2 aromatic carbocycles. The lowest BCUT2D eigenvalue weighted by Crippen LogP contribution is -2.18. The summed E-state index contributed by atoms with van der Waals surface area (Å²) in [6.07, 6.45) is 4.17. The van der Waals surface area contributed by atoms with Crippen molar-refractivity contribution in [1.29, 1.82) is 0 Å². The average molecular weight is 450 g/mol. The first-order chi connectivity index (χ1) is 13.4. The highest BCUT2D eigenvalue weighted by Crippen LogP contribution is 2.37. The molecule has 148 valence electrons. The Morgan fingerprint density at radius 1 is 1.25 bits per heavy atom. The van der Waals surface area contributed by atoms with E-state index in [0.717, 1.165) is 19.0 Å². The summed E-state index contributed by atoms with van der Waals surface area (Å²) < 4.78 is 16.4. The summed E-state index contributed by atoms with van der Waals surface area (Å²) in [5.74, 6) is 0.399. The van der Waals surface area contributed by atoms with Crippen molar-refractivity contribution in [3.8, 4) is 17.2 Å².